The molecule has 0 spiro atoms. The highest BCUT2D eigenvalue weighted by molar-refractivity contribution is 5.69. The number of carbonyl (C=O) groups excluding carboxylic acids is 1. The second-order valence-corrected chi connectivity index (χ2v) is 6.07. The summed E-state index contributed by atoms with van der Waals surface area (Å²) < 4.78 is 5.29. The smallest absolute Gasteiger partial charge is 0.410 e. The van der Waals surface area contributed by atoms with Crippen LogP contribution in [0.3, 0.4) is 0 Å². The van der Waals surface area contributed by atoms with Crippen LogP contribution in [0, 0.1) is 11.3 Å². The summed E-state index contributed by atoms with van der Waals surface area (Å²) >= 11 is 0. The van der Waals surface area contributed by atoms with E-state index < -0.39 is 11.6 Å². The zero-order valence-corrected chi connectivity index (χ0v) is 12.5. The third kappa shape index (κ3) is 4.17. The maximum absolute atomic E-state index is 11.8. The molecule has 0 saturated carbocycles. The molecule has 1 amide bonds. The Labute approximate surface area is 124 Å². The van der Waals surface area contributed by atoms with Crippen molar-refractivity contribution in [1.29, 1.82) is 5.26 Å². The van der Waals surface area contributed by atoms with E-state index in [1.165, 1.54) is 0 Å². The summed E-state index contributed by atoms with van der Waals surface area (Å²) in [6.45, 7) is 6.60. The number of nitrogens with zero attached hydrogens (tertiary/aromatic N) is 3. The van der Waals surface area contributed by atoms with Crippen molar-refractivity contribution in [2.24, 2.45) is 0 Å². The highest BCUT2D eigenvalue weighted by Gasteiger charge is 2.35. The Balaban J connectivity index is 1.82. The monoisotopic (exact) mass is 288 g/mol. The van der Waals surface area contributed by atoms with Gasteiger partial charge < -0.3 is 9.64 Å². The van der Waals surface area contributed by atoms with Gasteiger partial charge in [-0.2, -0.15) is 5.26 Å². The number of hydrogen-bond donors (Lipinski definition) is 1. The van der Waals surface area contributed by atoms with Gasteiger partial charge in [0.1, 0.15) is 11.6 Å². The van der Waals surface area contributed by atoms with Gasteiger partial charge in [0.15, 0.2) is 0 Å². The van der Waals surface area contributed by atoms with E-state index in [-0.39, 0.29) is 12.1 Å². The molecule has 0 aliphatic carbocycles. The van der Waals surface area contributed by atoms with Crippen LogP contribution in [0.2, 0.25) is 0 Å². The Kier molecular flexibility index (Phi) is 4.43. The molecule has 1 saturated heterocycles. The van der Waals surface area contributed by atoms with Crippen LogP contribution in [0.5, 0.6) is 0 Å². The predicted molar refractivity (Wildman–Crippen MR) is 77.3 cm³/mol. The van der Waals surface area contributed by atoms with Gasteiger partial charge in [-0.05, 0) is 32.9 Å². The number of pyridine rings is 1. The van der Waals surface area contributed by atoms with Gasteiger partial charge in [-0.25, -0.2) is 4.79 Å². The Morgan fingerprint density at radius 2 is 2.24 bits per heavy atom. The van der Waals surface area contributed by atoms with Crippen molar-refractivity contribution in [3.63, 3.8) is 0 Å². The van der Waals surface area contributed by atoms with E-state index in [0.29, 0.717) is 18.8 Å². The number of nitrogens with one attached hydrogen (secondary N) is 1. The fourth-order valence-corrected chi connectivity index (χ4v) is 2.03. The number of nitriles is 1. The molecule has 0 bridgehead atoms. The molecule has 2 rings (SSSR count). The first-order valence-corrected chi connectivity index (χ1v) is 6.93. The molecule has 0 radical (unpaired) electrons. The van der Waals surface area contributed by atoms with E-state index in [1.807, 2.05) is 39.0 Å². The minimum Gasteiger partial charge on any atom is -0.444 e. The number of ether oxygens (including phenoxy) is 1. The number of aromatic nitrogens is 1. The summed E-state index contributed by atoms with van der Waals surface area (Å²) in [4.78, 5) is 17.6. The molecule has 2 heterocycles. The average molecular weight is 288 g/mol. The van der Waals surface area contributed by atoms with E-state index >= 15 is 0 Å². The van der Waals surface area contributed by atoms with Crippen LogP contribution in [-0.2, 0) is 4.74 Å². The molecule has 1 aromatic heterocycles. The van der Waals surface area contributed by atoms with Gasteiger partial charge in [0.05, 0.1) is 11.8 Å². The van der Waals surface area contributed by atoms with Crippen LogP contribution in [-0.4, -0.2) is 40.7 Å². The van der Waals surface area contributed by atoms with E-state index in [2.05, 4.69) is 16.4 Å². The number of carbonyl (C=O) groups is 1. The van der Waals surface area contributed by atoms with Crippen molar-refractivity contribution in [2.75, 3.05) is 13.1 Å². The summed E-state index contributed by atoms with van der Waals surface area (Å²) in [6.07, 6.45) is 1.35. The molecule has 0 unspecified atom stereocenters. The molecule has 112 valence electrons. The summed E-state index contributed by atoms with van der Waals surface area (Å²) in [6, 6.07) is 7.29. The Morgan fingerprint density at radius 1 is 1.52 bits per heavy atom. The van der Waals surface area contributed by atoms with Crippen molar-refractivity contribution < 1.29 is 9.53 Å². The second kappa shape index (κ2) is 6.10. The molecular weight excluding hydrogens is 268 g/mol. The summed E-state index contributed by atoms with van der Waals surface area (Å²) in [7, 11) is 0. The Bertz CT molecular complexity index is 527. The molecule has 1 N–H and O–H groups in total. The lowest BCUT2D eigenvalue weighted by atomic mass is 10.1. The SMILES string of the molecule is CC(C)(C)OC(=O)N1CC(N[C@@H](C#N)c2ccccn2)C1. The molecule has 0 aromatic carbocycles. The lowest BCUT2D eigenvalue weighted by Gasteiger charge is -2.40. The normalized spacial score (nSPS) is 16.8. The zero-order valence-electron chi connectivity index (χ0n) is 12.5. The number of likely N-dealkylation sites (tertiary alicyclic amines) is 1. The third-order valence-corrected chi connectivity index (χ3v) is 3.05. The maximum atomic E-state index is 11.8. The van der Waals surface area contributed by atoms with E-state index in [9.17, 15) is 10.1 Å². The van der Waals surface area contributed by atoms with Gasteiger partial charge in [0.25, 0.3) is 0 Å². The van der Waals surface area contributed by atoms with Crippen molar-refractivity contribution in [3.8, 4) is 6.07 Å². The molecule has 1 aromatic rings. The second-order valence-electron chi connectivity index (χ2n) is 6.07. The fraction of sp³-hybridized carbons (Fsp3) is 0.533. The Hall–Kier alpha value is -2.13. The van der Waals surface area contributed by atoms with Gasteiger partial charge in [-0.3, -0.25) is 10.3 Å². The molecule has 1 aliphatic rings. The van der Waals surface area contributed by atoms with Gasteiger partial charge in [0.2, 0.25) is 0 Å². The van der Waals surface area contributed by atoms with Crippen LogP contribution in [0.25, 0.3) is 0 Å². The van der Waals surface area contributed by atoms with Crippen molar-refractivity contribution in [1.82, 2.24) is 15.2 Å². The summed E-state index contributed by atoms with van der Waals surface area (Å²) in [5, 5.41) is 12.4. The van der Waals surface area contributed by atoms with Gasteiger partial charge >= 0.3 is 6.09 Å². The first-order chi connectivity index (χ1) is 9.89. The number of rotatable bonds is 3. The highest BCUT2D eigenvalue weighted by atomic mass is 16.6. The lowest BCUT2D eigenvalue weighted by Crippen LogP contribution is -2.61. The van der Waals surface area contributed by atoms with Crippen molar-refractivity contribution in [2.45, 2.75) is 38.5 Å². The van der Waals surface area contributed by atoms with Crippen molar-refractivity contribution >= 4 is 6.09 Å². The molecule has 6 heteroatoms. The number of hydrogen-bond acceptors (Lipinski definition) is 5. The molecule has 6 nitrogen and oxygen atoms in total. The third-order valence-electron chi connectivity index (χ3n) is 3.05. The predicted octanol–water partition coefficient (Wildman–Crippen LogP) is 1.86. The Morgan fingerprint density at radius 3 is 2.76 bits per heavy atom. The van der Waals surface area contributed by atoms with Gasteiger partial charge in [0, 0.05) is 25.3 Å². The summed E-state index contributed by atoms with van der Waals surface area (Å²) in [5.41, 5.74) is 0.203. The van der Waals surface area contributed by atoms with Gasteiger partial charge in [-0.15, -0.1) is 0 Å². The van der Waals surface area contributed by atoms with Crippen molar-refractivity contribution in [3.05, 3.63) is 30.1 Å². The largest absolute Gasteiger partial charge is 0.444 e. The molecular formula is C15H20N4O2. The fourth-order valence-electron chi connectivity index (χ4n) is 2.03. The zero-order chi connectivity index (χ0) is 15.5. The lowest BCUT2D eigenvalue weighted by molar-refractivity contribution is 0.00471. The van der Waals surface area contributed by atoms with E-state index in [1.54, 1.807) is 11.1 Å². The minimum absolute atomic E-state index is 0.0872. The average Bonchev–Trinajstić information content (AvgIpc) is 2.36. The van der Waals surface area contributed by atoms with E-state index in [4.69, 9.17) is 4.74 Å². The molecule has 1 aliphatic heterocycles. The minimum atomic E-state index is -0.487. The first kappa shape index (κ1) is 15.3. The van der Waals surface area contributed by atoms with Gasteiger partial charge in [-0.1, -0.05) is 6.07 Å². The first-order valence-electron chi connectivity index (χ1n) is 6.93. The number of amides is 1. The van der Waals surface area contributed by atoms with E-state index in [0.717, 1.165) is 0 Å². The molecule has 21 heavy (non-hydrogen) atoms. The topological polar surface area (TPSA) is 78.2 Å². The van der Waals surface area contributed by atoms with Crippen LogP contribution in [0.15, 0.2) is 24.4 Å². The van der Waals surface area contributed by atoms with Crippen LogP contribution < -0.4 is 5.32 Å². The van der Waals surface area contributed by atoms with Crippen LogP contribution in [0.4, 0.5) is 4.79 Å². The standard InChI is InChI=1S/C15H20N4O2/c1-15(2,3)21-14(20)19-9-11(10-19)18-13(8-16)12-6-4-5-7-17-12/h4-7,11,13,18H,9-10H2,1-3H3/t13-/m0/s1. The highest BCUT2D eigenvalue weighted by Crippen LogP contribution is 2.18. The van der Waals surface area contributed by atoms with Crippen LogP contribution >= 0.6 is 0 Å². The molecule has 1 fully saturated rings. The molecule has 1 atom stereocenters. The maximum Gasteiger partial charge on any atom is 0.410 e. The quantitative estimate of drug-likeness (QED) is 0.918. The van der Waals surface area contributed by atoms with Crippen LogP contribution in [0.1, 0.15) is 32.5 Å². The summed E-state index contributed by atoms with van der Waals surface area (Å²) in [5.74, 6) is 0.